The van der Waals surface area contributed by atoms with Gasteiger partial charge >= 0.3 is 0 Å². The van der Waals surface area contributed by atoms with E-state index in [1.54, 1.807) is 18.5 Å². The van der Waals surface area contributed by atoms with Crippen LogP contribution in [0.5, 0.6) is 0 Å². The van der Waals surface area contributed by atoms with Gasteiger partial charge in [-0.15, -0.1) is 0 Å². The number of rotatable bonds is 6. The molecule has 34 heavy (non-hydrogen) atoms. The van der Waals surface area contributed by atoms with Crippen molar-refractivity contribution in [1.82, 2.24) is 4.98 Å². The molecule has 4 N–H and O–H groups in total. The lowest BCUT2D eigenvalue weighted by Gasteiger charge is -2.55. The van der Waals surface area contributed by atoms with Crippen molar-refractivity contribution in [3.63, 3.8) is 0 Å². The zero-order valence-corrected chi connectivity index (χ0v) is 21.0. The molecule has 1 aromatic rings. The number of carbonyl (C=O) groups excluding carboxylic acids is 1. The largest absolute Gasteiger partial charge is 0.397 e. The highest BCUT2D eigenvalue weighted by Crippen LogP contribution is 2.87. The van der Waals surface area contributed by atoms with Gasteiger partial charge in [-0.05, 0) is 110 Å². The predicted octanol–water partition coefficient (Wildman–Crippen LogP) is 4.59. The fourth-order valence-corrected chi connectivity index (χ4v) is 10.3. The molecule has 0 aliphatic heterocycles. The van der Waals surface area contributed by atoms with Crippen LogP contribution in [0.15, 0.2) is 18.5 Å². The number of Topliss-reactive ketones (excluding diaryl/α,β-unsaturated/α-hetero) is 1. The number of anilines is 2. The first-order valence-corrected chi connectivity index (χ1v) is 13.6. The van der Waals surface area contributed by atoms with E-state index in [0.29, 0.717) is 28.1 Å². The second-order valence-corrected chi connectivity index (χ2v) is 12.7. The van der Waals surface area contributed by atoms with Crippen LogP contribution in [0.4, 0.5) is 11.4 Å². The van der Waals surface area contributed by atoms with Crippen LogP contribution in [0.2, 0.25) is 0 Å². The molecule has 8 atom stereocenters. The zero-order valence-electron chi connectivity index (χ0n) is 21.0. The number of ether oxygens (including phenoxy) is 1. The Balaban J connectivity index is 1.18. The third-order valence-corrected chi connectivity index (χ3v) is 11.6. The van der Waals surface area contributed by atoms with Gasteiger partial charge in [0.05, 0.1) is 24.1 Å². The molecule has 6 heteroatoms. The van der Waals surface area contributed by atoms with E-state index < -0.39 is 0 Å². The van der Waals surface area contributed by atoms with Gasteiger partial charge in [-0.1, -0.05) is 6.92 Å². The van der Waals surface area contributed by atoms with E-state index in [2.05, 4.69) is 11.9 Å². The molecule has 6 rings (SSSR count). The summed E-state index contributed by atoms with van der Waals surface area (Å²) in [6.45, 7) is 3.60. The summed E-state index contributed by atoms with van der Waals surface area (Å²) in [5.74, 6) is 10.0. The fraction of sp³-hybridized carbons (Fsp3) is 0.786. The molecule has 0 spiro atoms. The van der Waals surface area contributed by atoms with E-state index in [1.165, 1.54) is 62.8 Å². The molecule has 0 aromatic carbocycles. The molecule has 0 amide bonds. The summed E-state index contributed by atoms with van der Waals surface area (Å²) in [5.41, 5.74) is 8.51. The molecule has 1 aromatic heterocycles. The molecular weight excluding hydrogens is 424 g/mol. The summed E-state index contributed by atoms with van der Waals surface area (Å²) >= 11 is 0. The topological polar surface area (TPSA) is 94.5 Å². The number of methoxy groups -OCH3 is 1. The maximum atomic E-state index is 13.6. The Labute approximate surface area is 204 Å². The number of hydrogen-bond donors (Lipinski definition) is 2. The number of fused-ring (bicyclic) bond motifs is 2. The Morgan fingerprint density at radius 3 is 2.82 bits per heavy atom. The van der Waals surface area contributed by atoms with E-state index in [1.807, 2.05) is 7.11 Å². The SMILES string of the molecule is COCC1CCC2C(CCC34CC23CCC2(C)C(C(=O)CN(N)c3cnccc3N)CCC24)C1. The van der Waals surface area contributed by atoms with Gasteiger partial charge in [0.1, 0.15) is 0 Å². The summed E-state index contributed by atoms with van der Waals surface area (Å²) in [5, 5.41) is 1.51. The highest BCUT2D eigenvalue weighted by atomic mass is 16.5. The van der Waals surface area contributed by atoms with Crippen molar-refractivity contribution in [3.8, 4) is 0 Å². The van der Waals surface area contributed by atoms with Gasteiger partial charge in [0.15, 0.2) is 5.78 Å². The van der Waals surface area contributed by atoms with Crippen molar-refractivity contribution >= 4 is 17.2 Å². The lowest BCUT2D eigenvalue weighted by atomic mass is 9.49. The van der Waals surface area contributed by atoms with Crippen LogP contribution >= 0.6 is 0 Å². The first kappa shape index (κ1) is 22.8. The number of nitrogens with zero attached hydrogens (tertiary/aromatic N) is 2. The average molecular weight is 467 g/mol. The molecule has 5 fully saturated rings. The Morgan fingerprint density at radius 1 is 1.18 bits per heavy atom. The second-order valence-electron chi connectivity index (χ2n) is 12.7. The van der Waals surface area contributed by atoms with Gasteiger partial charge in [0.2, 0.25) is 0 Å². The van der Waals surface area contributed by atoms with Gasteiger partial charge < -0.3 is 15.5 Å². The van der Waals surface area contributed by atoms with Crippen LogP contribution in [0.1, 0.15) is 71.1 Å². The monoisotopic (exact) mass is 466 g/mol. The summed E-state index contributed by atoms with van der Waals surface area (Å²) < 4.78 is 5.51. The van der Waals surface area contributed by atoms with E-state index in [9.17, 15) is 4.79 Å². The molecule has 0 bridgehead atoms. The van der Waals surface area contributed by atoms with Crippen molar-refractivity contribution < 1.29 is 9.53 Å². The summed E-state index contributed by atoms with van der Waals surface area (Å²) in [6.07, 6.45) is 16.5. The zero-order chi connectivity index (χ0) is 23.7. The summed E-state index contributed by atoms with van der Waals surface area (Å²) in [6, 6.07) is 1.73. The lowest BCUT2D eigenvalue weighted by molar-refractivity contribution is -0.129. The first-order chi connectivity index (χ1) is 16.3. The number of hydrazine groups is 1. The van der Waals surface area contributed by atoms with Gasteiger partial charge in [-0.25, -0.2) is 5.84 Å². The molecule has 0 radical (unpaired) electrons. The van der Waals surface area contributed by atoms with Crippen molar-refractivity contribution in [1.29, 1.82) is 0 Å². The van der Waals surface area contributed by atoms with Crippen molar-refractivity contribution in [2.75, 3.05) is 31.0 Å². The molecule has 5 aliphatic carbocycles. The number of aromatic nitrogens is 1. The minimum absolute atomic E-state index is 0.115. The highest BCUT2D eigenvalue weighted by Gasteiger charge is 2.80. The molecule has 1 heterocycles. The van der Waals surface area contributed by atoms with E-state index in [0.717, 1.165) is 30.8 Å². The van der Waals surface area contributed by atoms with Crippen LogP contribution < -0.4 is 16.6 Å². The minimum Gasteiger partial charge on any atom is -0.397 e. The first-order valence-electron chi connectivity index (χ1n) is 13.6. The molecule has 6 nitrogen and oxygen atoms in total. The quantitative estimate of drug-likeness (QED) is 0.470. The smallest absolute Gasteiger partial charge is 0.157 e. The molecular formula is C28H42N4O2. The van der Waals surface area contributed by atoms with Crippen LogP contribution in [0.3, 0.4) is 0 Å². The second kappa shape index (κ2) is 7.92. The van der Waals surface area contributed by atoms with Crippen LogP contribution in [-0.4, -0.2) is 31.0 Å². The van der Waals surface area contributed by atoms with E-state index in [-0.39, 0.29) is 23.7 Å². The minimum atomic E-state index is 0.115. The van der Waals surface area contributed by atoms with Crippen molar-refractivity contribution in [3.05, 3.63) is 18.5 Å². The number of hydrogen-bond acceptors (Lipinski definition) is 6. The van der Waals surface area contributed by atoms with Gasteiger partial charge in [-0.2, -0.15) is 0 Å². The number of nitrogen functional groups attached to an aromatic ring is 1. The Kier molecular flexibility index (Phi) is 5.31. The molecule has 186 valence electrons. The Bertz CT molecular complexity index is 969. The van der Waals surface area contributed by atoms with Gasteiger partial charge in [-0.3, -0.25) is 9.78 Å². The van der Waals surface area contributed by atoms with Crippen LogP contribution in [0.25, 0.3) is 0 Å². The maximum Gasteiger partial charge on any atom is 0.157 e. The molecule has 5 aliphatic rings. The van der Waals surface area contributed by atoms with Crippen LogP contribution in [0, 0.1) is 45.8 Å². The molecule has 8 unspecified atom stereocenters. The number of pyridine rings is 1. The normalized spacial score (nSPS) is 44.4. The third kappa shape index (κ3) is 3.06. The van der Waals surface area contributed by atoms with E-state index in [4.69, 9.17) is 16.3 Å². The fourth-order valence-electron chi connectivity index (χ4n) is 10.3. The Morgan fingerprint density at radius 2 is 2.03 bits per heavy atom. The standard InChI is InChI=1S/C28H42N4O2/c1-26-10-11-27-17-28(27,9-7-19-13-18(16-34-2)3-4-20(19)27)25(26)6-5-21(26)24(33)15-32(30)23-14-31-12-8-22(23)29/h8,12,14,18-21,25H,3-7,9-11,13,15-17,30H2,1-2H3,(H2,29,31). The summed E-state index contributed by atoms with van der Waals surface area (Å²) in [4.78, 5) is 17.7. The molecule has 0 saturated heterocycles. The Hall–Kier alpha value is -1.66. The maximum absolute atomic E-state index is 13.6. The number of ketones is 1. The highest BCUT2D eigenvalue weighted by molar-refractivity contribution is 5.87. The summed E-state index contributed by atoms with van der Waals surface area (Å²) in [7, 11) is 1.85. The van der Waals surface area contributed by atoms with E-state index >= 15 is 0 Å². The predicted molar refractivity (Wildman–Crippen MR) is 134 cm³/mol. The number of carbonyl (C=O) groups is 1. The third-order valence-electron chi connectivity index (χ3n) is 11.6. The lowest BCUT2D eigenvalue weighted by Crippen LogP contribution is -2.50. The average Bonchev–Trinajstić information content (AvgIpc) is 3.39. The number of nitrogens with two attached hydrogens (primary N) is 2. The van der Waals surface area contributed by atoms with Gasteiger partial charge in [0, 0.05) is 25.8 Å². The van der Waals surface area contributed by atoms with Crippen molar-refractivity contribution in [2.45, 2.75) is 71.1 Å². The molecule has 5 saturated carbocycles. The van der Waals surface area contributed by atoms with Crippen molar-refractivity contribution in [2.24, 2.45) is 51.7 Å². The van der Waals surface area contributed by atoms with Crippen LogP contribution in [-0.2, 0) is 9.53 Å². The van der Waals surface area contributed by atoms with Gasteiger partial charge in [0.25, 0.3) is 0 Å².